The Kier molecular flexibility index (Phi) is 3.98. The van der Waals surface area contributed by atoms with E-state index in [1.54, 1.807) is 0 Å². The zero-order chi connectivity index (χ0) is 12.5. The number of hydrogen-bond acceptors (Lipinski definition) is 3. The van der Waals surface area contributed by atoms with Crippen LogP contribution in [0.3, 0.4) is 0 Å². The number of amides is 1. The fraction of sp³-hybridized carbons (Fsp3) is 0.833. The number of carbonyl (C=O) groups excluding carboxylic acids is 1. The van der Waals surface area contributed by atoms with Gasteiger partial charge in [-0.25, -0.2) is 0 Å². The molecule has 3 nitrogen and oxygen atoms in total. The standard InChI is InChI=1S/C12H20N2OS2/c1-8-5-12(6-8,10(13)16)11(15)14-7-9-3-2-4-17-9/h8-9H,2-7H2,1H3,(H2,13,16)(H,14,15). The summed E-state index contributed by atoms with van der Waals surface area (Å²) in [5, 5.41) is 3.63. The van der Waals surface area contributed by atoms with Crippen LogP contribution in [-0.4, -0.2) is 28.4 Å². The monoisotopic (exact) mass is 272 g/mol. The molecule has 1 saturated heterocycles. The lowest BCUT2D eigenvalue weighted by Crippen LogP contribution is -2.56. The fourth-order valence-electron chi connectivity index (χ4n) is 2.81. The minimum atomic E-state index is -0.544. The number of hydrogen-bond donors (Lipinski definition) is 2. The summed E-state index contributed by atoms with van der Waals surface area (Å²) in [6.45, 7) is 2.90. The van der Waals surface area contributed by atoms with Gasteiger partial charge in [-0.3, -0.25) is 4.79 Å². The first kappa shape index (κ1) is 13.1. The van der Waals surface area contributed by atoms with Crippen molar-refractivity contribution >= 4 is 34.9 Å². The molecule has 1 heterocycles. The van der Waals surface area contributed by atoms with E-state index >= 15 is 0 Å². The van der Waals surface area contributed by atoms with Crippen molar-refractivity contribution in [1.82, 2.24) is 5.32 Å². The maximum absolute atomic E-state index is 12.2. The van der Waals surface area contributed by atoms with E-state index in [0.717, 1.165) is 19.4 Å². The van der Waals surface area contributed by atoms with Gasteiger partial charge in [0.25, 0.3) is 0 Å². The van der Waals surface area contributed by atoms with Crippen molar-refractivity contribution in [1.29, 1.82) is 0 Å². The van der Waals surface area contributed by atoms with Gasteiger partial charge in [0.05, 0.1) is 10.4 Å². The van der Waals surface area contributed by atoms with E-state index in [4.69, 9.17) is 18.0 Å². The van der Waals surface area contributed by atoms with Crippen LogP contribution < -0.4 is 11.1 Å². The van der Waals surface area contributed by atoms with Crippen LogP contribution in [0.15, 0.2) is 0 Å². The Balaban J connectivity index is 1.87. The van der Waals surface area contributed by atoms with E-state index in [2.05, 4.69) is 12.2 Å². The lowest BCUT2D eigenvalue weighted by atomic mass is 9.62. The van der Waals surface area contributed by atoms with Crippen molar-refractivity contribution < 1.29 is 4.79 Å². The molecular formula is C12H20N2OS2. The average molecular weight is 272 g/mol. The normalized spacial score (nSPS) is 36.3. The van der Waals surface area contributed by atoms with E-state index in [1.165, 1.54) is 18.6 Å². The third-order valence-corrected chi connectivity index (χ3v) is 5.60. The molecule has 0 spiro atoms. The van der Waals surface area contributed by atoms with E-state index in [0.29, 0.717) is 16.2 Å². The van der Waals surface area contributed by atoms with Gasteiger partial charge in [0.15, 0.2) is 0 Å². The largest absolute Gasteiger partial charge is 0.392 e. The molecule has 0 aromatic carbocycles. The molecule has 0 radical (unpaired) electrons. The Morgan fingerprint density at radius 3 is 2.76 bits per heavy atom. The Hall–Kier alpha value is -0.290. The molecule has 1 atom stereocenters. The number of nitrogens with two attached hydrogens (primary N) is 1. The number of thioether (sulfide) groups is 1. The molecule has 0 aromatic heterocycles. The molecule has 5 heteroatoms. The zero-order valence-corrected chi connectivity index (χ0v) is 11.8. The molecule has 2 aliphatic rings. The molecule has 1 amide bonds. The summed E-state index contributed by atoms with van der Waals surface area (Å²) >= 11 is 7.02. The van der Waals surface area contributed by atoms with Crippen LogP contribution in [0, 0.1) is 11.3 Å². The topological polar surface area (TPSA) is 55.1 Å². The van der Waals surface area contributed by atoms with Crippen LogP contribution >= 0.6 is 24.0 Å². The second-order valence-corrected chi connectivity index (χ2v) is 7.15. The van der Waals surface area contributed by atoms with Gasteiger partial charge < -0.3 is 11.1 Å². The number of thiocarbonyl (C=S) groups is 1. The molecule has 0 bridgehead atoms. The first-order valence-corrected chi connectivity index (χ1v) is 7.70. The average Bonchev–Trinajstić information content (AvgIpc) is 2.73. The van der Waals surface area contributed by atoms with Crippen molar-refractivity contribution in [3.8, 4) is 0 Å². The maximum Gasteiger partial charge on any atom is 0.233 e. The molecule has 1 saturated carbocycles. The lowest BCUT2D eigenvalue weighted by molar-refractivity contribution is -0.132. The number of nitrogens with one attached hydrogen (secondary N) is 1. The molecular weight excluding hydrogens is 252 g/mol. The molecule has 1 aliphatic heterocycles. The molecule has 2 rings (SSSR count). The van der Waals surface area contributed by atoms with Gasteiger partial charge >= 0.3 is 0 Å². The lowest BCUT2D eigenvalue weighted by Gasteiger charge is -2.44. The summed E-state index contributed by atoms with van der Waals surface area (Å²) in [6, 6.07) is 0. The Bertz CT molecular complexity index is 320. The maximum atomic E-state index is 12.2. The summed E-state index contributed by atoms with van der Waals surface area (Å²) in [4.78, 5) is 12.6. The predicted molar refractivity (Wildman–Crippen MR) is 76.1 cm³/mol. The Labute approximate surface area is 112 Å². The van der Waals surface area contributed by atoms with Crippen molar-refractivity contribution in [3.05, 3.63) is 0 Å². The fourth-order valence-corrected chi connectivity index (χ4v) is 4.27. The smallest absolute Gasteiger partial charge is 0.233 e. The first-order chi connectivity index (χ1) is 8.04. The molecule has 1 aliphatic carbocycles. The van der Waals surface area contributed by atoms with Crippen LogP contribution in [0.2, 0.25) is 0 Å². The van der Waals surface area contributed by atoms with Gasteiger partial charge in [-0.1, -0.05) is 19.1 Å². The SMILES string of the molecule is CC1CC(C(=O)NCC2CCCS2)(C(N)=S)C1. The van der Waals surface area contributed by atoms with Gasteiger partial charge in [-0.2, -0.15) is 11.8 Å². The van der Waals surface area contributed by atoms with Crippen LogP contribution in [-0.2, 0) is 4.79 Å². The highest BCUT2D eigenvalue weighted by Crippen LogP contribution is 2.46. The van der Waals surface area contributed by atoms with E-state index in [9.17, 15) is 4.79 Å². The third-order valence-electron chi connectivity index (χ3n) is 3.81. The third kappa shape index (κ3) is 2.60. The van der Waals surface area contributed by atoms with Gasteiger partial charge in [0, 0.05) is 11.8 Å². The highest BCUT2D eigenvalue weighted by molar-refractivity contribution is 8.00. The minimum absolute atomic E-state index is 0.0515. The zero-order valence-electron chi connectivity index (χ0n) is 10.2. The quantitative estimate of drug-likeness (QED) is 0.765. The second-order valence-electron chi connectivity index (χ2n) is 5.30. The van der Waals surface area contributed by atoms with Crippen LogP contribution in [0.25, 0.3) is 0 Å². The Morgan fingerprint density at radius 1 is 1.59 bits per heavy atom. The number of rotatable bonds is 4. The summed E-state index contributed by atoms with van der Waals surface area (Å²) in [7, 11) is 0. The van der Waals surface area contributed by atoms with Gasteiger partial charge in [0.2, 0.25) is 5.91 Å². The van der Waals surface area contributed by atoms with Crippen LogP contribution in [0.1, 0.15) is 32.6 Å². The molecule has 1 unspecified atom stereocenters. The van der Waals surface area contributed by atoms with Crippen LogP contribution in [0.5, 0.6) is 0 Å². The number of carbonyl (C=O) groups is 1. The molecule has 0 aromatic rings. The Morgan fingerprint density at radius 2 is 2.29 bits per heavy atom. The van der Waals surface area contributed by atoms with Crippen molar-refractivity contribution in [2.75, 3.05) is 12.3 Å². The van der Waals surface area contributed by atoms with Gasteiger partial charge in [-0.05, 0) is 37.4 Å². The highest BCUT2D eigenvalue weighted by atomic mass is 32.2. The summed E-state index contributed by atoms with van der Waals surface area (Å²) < 4.78 is 0. The van der Waals surface area contributed by atoms with Gasteiger partial charge in [0.1, 0.15) is 0 Å². The van der Waals surface area contributed by atoms with Crippen molar-refractivity contribution in [2.45, 2.75) is 37.9 Å². The summed E-state index contributed by atoms with van der Waals surface area (Å²) in [5.74, 6) is 1.83. The molecule has 2 fully saturated rings. The van der Waals surface area contributed by atoms with Crippen molar-refractivity contribution in [3.63, 3.8) is 0 Å². The molecule has 3 N–H and O–H groups in total. The van der Waals surface area contributed by atoms with Crippen molar-refractivity contribution in [2.24, 2.45) is 17.1 Å². The highest BCUT2D eigenvalue weighted by Gasteiger charge is 2.50. The second kappa shape index (κ2) is 5.14. The van der Waals surface area contributed by atoms with E-state index in [1.807, 2.05) is 11.8 Å². The predicted octanol–water partition coefficient (Wildman–Crippen LogP) is 1.70. The molecule has 96 valence electrons. The first-order valence-electron chi connectivity index (χ1n) is 6.24. The van der Waals surface area contributed by atoms with E-state index < -0.39 is 5.41 Å². The van der Waals surface area contributed by atoms with Crippen LogP contribution in [0.4, 0.5) is 0 Å². The molecule has 17 heavy (non-hydrogen) atoms. The summed E-state index contributed by atoms with van der Waals surface area (Å²) in [6.07, 6.45) is 4.10. The van der Waals surface area contributed by atoms with Gasteiger partial charge in [-0.15, -0.1) is 0 Å². The van der Waals surface area contributed by atoms with E-state index in [-0.39, 0.29) is 5.91 Å². The summed E-state index contributed by atoms with van der Waals surface area (Å²) in [5.41, 5.74) is 5.20. The minimum Gasteiger partial charge on any atom is -0.392 e.